The summed E-state index contributed by atoms with van der Waals surface area (Å²) in [5, 5.41) is 30.5. The minimum Gasteiger partial charge on any atom is -0.508 e. The molecule has 2 aromatic heterocycles. The number of hydrogen-bond acceptors (Lipinski definition) is 7. The average Bonchev–Trinajstić information content (AvgIpc) is 4.06. The number of rotatable bonds is 18. The highest BCUT2D eigenvalue weighted by atomic mass is 32.2. The molecule has 1 aliphatic rings. The van der Waals surface area contributed by atoms with E-state index in [0.29, 0.717) is 22.7 Å². The average molecular weight is 956 g/mol. The van der Waals surface area contributed by atoms with Crippen molar-refractivity contribution in [2.24, 2.45) is 5.92 Å². The van der Waals surface area contributed by atoms with Crippen LogP contribution in [0.3, 0.4) is 0 Å². The maximum absolute atomic E-state index is 10.1. The number of phenolic OH excluding ortho intramolecular Hbond substituents is 3. The minimum absolute atomic E-state index is 0.285. The maximum atomic E-state index is 10.1. The summed E-state index contributed by atoms with van der Waals surface area (Å²) in [6, 6.07) is 41.5. The van der Waals surface area contributed by atoms with Crippen molar-refractivity contribution in [2.45, 2.75) is 105 Å². The van der Waals surface area contributed by atoms with Crippen molar-refractivity contribution in [3.63, 3.8) is 0 Å². The molecule has 7 heteroatoms. The van der Waals surface area contributed by atoms with Gasteiger partial charge in [-0.2, -0.15) is 0 Å². The molecule has 3 N–H and O–H groups in total. The number of thioether (sulfide) groups is 1. The number of hydrogen-bond donors (Lipinski definition) is 3. The van der Waals surface area contributed by atoms with Crippen LogP contribution in [-0.2, 0) is 32.1 Å². The van der Waals surface area contributed by atoms with Gasteiger partial charge in [-0.3, -0.25) is 0 Å². The molecule has 350 valence electrons. The molecule has 1 aliphatic heterocycles. The lowest BCUT2D eigenvalue weighted by atomic mass is 9.87. The van der Waals surface area contributed by atoms with E-state index in [2.05, 4.69) is 132 Å². The third-order valence-corrected chi connectivity index (χ3v) is 17.7. The van der Waals surface area contributed by atoms with Gasteiger partial charge >= 0.3 is 0 Å². The normalized spacial score (nSPS) is 15.2. The zero-order valence-electron chi connectivity index (χ0n) is 40.6. The molecule has 0 bridgehead atoms. The van der Waals surface area contributed by atoms with E-state index < -0.39 is 0 Å². The molecule has 4 nitrogen and oxygen atoms in total. The summed E-state index contributed by atoms with van der Waals surface area (Å²) in [6.07, 6.45) is 14.6. The monoisotopic (exact) mass is 955 g/mol. The van der Waals surface area contributed by atoms with Gasteiger partial charge in [-0.25, -0.2) is 0 Å². The Bertz CT molecular complexity index is 2900. The first-order chi connectivity index (χ1) is 33.1. The second-order valence-corrected chi connectivity index (χ2v) is 20.7. The Kier molecular flexibility index (Phi) is 15.9. The van der Waals surface area contributed by atoms with Crippen molar-refractivity contribution in [3.8, 4) is 48.6 Å². The smallest absolute Gasteiger partial charge is 0.115 e. The predicted octanol–water partition coefficient (Wildman–Crippen LogP) is 18.0. The fraction of sp³-hybridized carbons (Fsp3) is 0.279. The van der Waals surface area contributed by atoms with Crippen LogP contribution in [0.1, 0.15) is 111 Å². The van der Waals surface area contributed by atoms with Gasteiger partial charge in [0.2, 0.25) is 0 Å². The van der Waals surface area contributed by atoms with Crippen molar-refractivity contribution in [3.05, 3.63) is 189 Å². The van der Waals surface area contributed by atoms with Gasteiger partial charge in [0.05, 0.1) is 0 Å². The number of benzene rings is 5. The lowest BCUT2D eigenvalue weighted by Gasteiger charge is -2.27. The maximum Gasteiger partial charge on any atom is 0.115 e. The van der Waals surface area contributed by atoms with Gasteiger partial charge < -0.3 is 20.2 Å². The molecule has 1 unspecified atom stereocenters. The molecule has 68 heavy (non-hydrogen) atoms. The van der Waals surface area contributed by atoms with Crippen LogP contribution in [0.5, 0.6) is 17.2 Å². The number of phenols is 3. The molecule has 7 aromatic rings. The number of thiophene rings is 2. The number of nitrogens with zero attached hydrogens (tertiary/aromatic N) is 1. The lowest BCUT2D eigenvalue weighted by Crippen LogP contribution is -2.15. The summed E-state index contributed by atoms with van der Waals surface area (Å²) < 4.78 is 0. The Labute approximate surface area is 417 Å². The zero-order valence-corrected chi connectivity index (χ0v) is 43.1. The highest BCUT2D eigenvalue weighted by Gasteiger charge is 2.35. The lowest BCUT2D eigenvalue weighted by molar-refractivity contribution is 0.474. The van der Waals surface area contributed by atoms with Crippen LogP contribution in [0.25, 0.3) is 36.2 Å². The molecular formula is C61H65NO3S3. The molecule has 8 rings (SSSR count). The Morgan fingerprint density at radius 2 is 0.956 bits per heavy atom. The first-order valence-corrected chi connectivity index (χ1v) is 27.1. The van der Waals surface area contributed by atoms with Gasteiger partial charge in [-0.15, -0.1) is 34.4 Å². The van der Waals surface area contributed by atoms with Crippen LogP contribution >= 0.6 is 34.4 Å². The molecule has 0 spiro atoms. The largest absolute Gasteiger partial charge is 0.508 e. The highest BCUT2D eigenvalue weighted by Crippen LogP contribution is 2.57. The molecule has 5 aromatic carbocycles. The Morgan fingerprint density at radius 1 is 0.515 bits per heavy atom. The Balaban J connectivity index is 1.18. The van der Waals surface area contributed by atoms with Crippen molar-refractivity contribution in [2.75, 3.05) is 4.90 Å². The zero-order chi connectivity index (χ0) is 47.9. The fourth-order valence-electron chi connectivity index (χ4n) is 10.1. The topological polar surface area (TPSA) is 63.9 Å². The van der Waals surface area contributed by atoms with Gasteiger partial charge in [0, 0.05) is 53.2 Å². The van der Waals surface area contributed by atoms with Gasteiger partial charge in [0.1, 0.15) is 17.2 Å². The van der Waals surface area contributed by atoms with Crippen LogP contribution in [0.2, 0.25) is 0 Å². The molecule has 0 aliphatic carbocycles. The summed E-state index contributed by atoms with van der Waals surface area (Å²) >= 11 is 5.72. The van der Waals surface area contributed by atoms with Crippen LogP contribution < -0.4 is 4.90 Å². The number of allylic oxidation sites excluding steroid dienone is 4. The molecule has 0 fully saturated rings. The molecular weight excluding hydrogens is 891 g/mol. The first-order valence-electron chi connectivity index (χ1n) is 24.6. The molecule has 0 saturated carbocycles. The minimum atomic E-state index is 0.285. The van der Waals surface area contributed by atoms with Crippen LogP contribution in [-0.4, -0.2) is 15.3 Å². The highest BCUT2D eigenvalue weighted by molar-refractivity contribution is 8.08. The van der Waals surface area contributed by atoms with E-state index in [1.165, 1.54) is 68.9 Å². The van der Waals surface area contributed by atoms with Gasteiger partial charge in [-0.05, 0) is 192 Å². The van der Waals surface area contributed by atoms with Crippen molar-refractivity contribution >= 4 is 50.7 Å². The van der Waals surface area contributed by atoms with Crippen LogP contribution in [0.15, 0.2) is 151 Å². The van der Waals surface area contributed by atoms with Crippen LogP contribution in [0.4, 0.5) is 11.4 Å². The SMILES string of the molecule is CC/C=C(\C=C/Cc1sc(-c2ccc(O)cc2)c(CC)c1CC)N(c1ccc(C2=C(CC)[C@@H](CC)C(c3ccc(O)cc3)S2)cc1)c1ccc(-c2sc(-c3ccc(O)cc3)c(CC)c2CC)cc1. The van der Waals surface area contributed by atoms with E-state index in [9.17, 15) is 15.3 Å². The van der Waals surface area contributed by atoms with Gasteiger partial charge in [-0.1, -0.05) is 103 Å². The summed E-state index contributed by atoms with van der Waals surface area (Å²) in [7, 11) is 0. The van der Waals surface area contributed by atoms with Crippen LogP contribution in [0, 0.1) is 5.92 Å². The predicted molar refractivity (Wildman–Crippen MR) is 295 cm³/mol. The number of aromatic hydroxyl groups is 3. The third-order valence-electron chi connectivity index (χ3n) is 13.4. The summed E-state index contributed by atoms with van der Waals surface area (Å²) in [5.74, 6) is 1.32. The fourth-order valence-corrected chi connectivity index (χ4v) is 14.9. The second kappa shape index (κ2) is 22.1. The van der Waals surface area contributed by atoms with Gasteiger partial charge in [0.15, 0.2) is 0 Å². The quantitative estimate of drug-likeness (QED) is 0.0748. The molecule has 3 heterocycles. The molecule has 2 atom stereocenters. The Morgan fingerprint density at radius 3 is 1.41 bits per heavy atom. The van der Waals surface area contributed by atoms with E-state index in [1.807, 2.05) is 70.8 Å². The van der Waals surface area contributed by atoms with E-state index >= 15 is 0 Å². The van der Waals surface area contributed by atoms with E-state index in [4.69, 9.17) is 0 Å². The van der Waals surface area contributed by atoms with Crippen molar-refractivity contribution in [1.29, 1.82) is 0 Å². The summed E-state index contributed by atoms with van der Waals surface area (Å²) in [6.45, 7) is 15.8. The van der Waals surface area contributed by atoms with Gasteiger partial charge in [0.25, 0.3) is 0 Å². The van der Waals surface area contributed by atoms with E-state index in [0.717, 1.165) is 79.6 Å². The van der Waals surface area contributed by atoms with E-state index in [1.54, 1.807) is 24.3 Å². The first kappa shape index (κ1) is 48.7. The molecule has 0 amide bonds. The van der Waals surface area contributed by atoms with Crippen molar-refractivity contribution in [1.82, 2.24) is 0 Å². The summed E-state index contributed by atoms with van der Waals surface area (Å²) in [5.41, 5.74) is 16.6. The third kappa shape index (κ3) is 10.0. The Hall–Kier alpha value is -5.73. The molecule has 0 radical (unpaired) electrons. The number of anilines is 2. The van der Waals surface area contributed by atoms with E-state index in [-0.39, 0.29) is 5.75 Å². The summed E-state index contributed by atoms with van der Waals surface area (Å²) in [4.78, 5) is 9.09. The molecule has 0 saturated heterocycles. The standard InChI is InChI=1S/C61H65NO3S3/c1-8-16-44(17-15-18-56-50(9-2)51(10-3)57(66-56)41-23-33-47(63)34-24-41)62(45-29-19-39(20-30-45)58-52(11-4)54(13-6)60(67-58)42-25-35-48(64)36-26-42)46-31-21-40(22-32-46)59-53(12-5)55(14-7)61(68-59)43-27-37-49(65)38-28-43/h15-17,19-38,54,60,63-65H,8-14,18H2,1-7H3/b17-15-,44-16+/t54-,60?/m1/s1. The second-order valence-electron chi connectivity index (χ2n) is 17.5. The van der Waals surface area contributed by atoms with Crippen molar-refractivity contribution < 1.29 is 15.3 Å².